The number of aliphatic hydroxyl groups is 1. The summed E-state index contributed by atoms with van der Waals surface area (Å²) in [7, 11) is 0. The number of hydrogen-bond acceptors (Lipinski definition) is 4. The normalized spacial score (nSPS) is 25.7. The number of para-hydroxylation sites is 1. The lowest BCUT2D eigenvalue weighted by atomic mass is 9.64. The third kappa shape index (κ3) is 1.82. The zero-order chi connectivity index (χ0) is 13.2. The van der Waals surface area contributed by atoms with Gasteiger partial charge in [-0.1, -0.05) is 18.2 Å². The zero-order valence-corrected chi connectivity index (χ0v) is 10.6. The molecule has 3 N–H and O–H groups in total. The quantitative estimate of drug-likeness (QED) is 0.781. The molecule has 0 saturated carbocycles. The molecule has 0 radical (unpaired) electrons. The summed E-state index contributed by atoms with van der Waals surface area (Å²) in [5.41, 5.74) is 5.05. The smallest absolute Gasteiger partial charge is 0.123 e. The zero-order valence-electron chi connectivity index (χ0n) is 10.6. The van der Waals surface area contributed by atoms with E-state index in [-0.39, 0.29) is 13.0 Å². The summed E-state index contributed by atoms with van der Waals surface area (Å²) in [4.78, 5) is 10.8. The Morgan fingerprint density at radius 1 is 1.56 bits per heavy atom. The Kier molecular flexibility index (Phi) is 3.41. The van der Waals surface area contributed by atoms with E-state index in [1.165, 1.54) is 0 Å². The number of nitrogens with two attached hydrogens (primary N) is 1. The first-order valence-electron chi connectivity index (χ1n) is 6.16. The van der Waals surface area contributed by atoms with E-state index in [0.717, 1.165) is 17.6 Å². The first-order chi connectivity index (χ1) is 8.57. The molecular weight excluding hydrogens is 230 g/mol. The Balaban J connectivity index is 2.55. The lowest BCUT2D eigenvalue weighted by molar-refractivity contribution is -0.116. The average Bonchev–Trinajstić information content (AvgIpc) is 2.37. The molecule has 0 aromatic heterocycles. The van der Waals surface area contributed by atoms with Crippen molar-refractivity contribution in [2.45, 2.75) is 30.8 Å². The van der Waals surface area contributed by atoms with E-state index in [1.807, 2.05) is 24.3 Å². The topological polar surface area (TPSA) is 72.5 Å². The van der Waals surface area contributed by atoms with Crippen LogP contribution in [0.25, 0.3) is 0 Å². The molecule has 2 atom stereocenters. The van der Waals surface area contributed by atoms with Gasteiger partial charge >= 0.3 is 0 Å². The highest BCUT2D eigenvalue weighted by atomic mass is 16.5. The summed E-state index contributed by atoms with van der Waals surface area (Å²) in [6, 6.07) is 7.57. The van der Waals surface area contributed by atoms with E-state index in [9.17, 15) is 9.90 Å². The van der Waals surface area contributed by atoms with E-state index in [2.05, 4.69) is 0 Å². The highest BCUT2D eigenvalue weighted by molar-refractivity contribution is 5.54. The number of rotatable bonds is 4. The summed E-state index contributed by atoms with van der Waals surface area (Å²) in [6.45, 7) is 2.47. The predicted molar refractivity (Wildman–Crippen MR) is 68.6 cm³/mol. The van der Waals surface area contributed by atoms with Gasteiger partial charge in [0.25, 0.3) is 0 Å². The van der Waals surface area contributed by atoms with Gasteiger partial charge in [-0.25, -0.2) is 0 Å². The minimum Gasteiger partial charge on any atom is -0.493 e. The lowest BCUT2D eigenvalue weighted by Gasteiger charge is -2.47. The summed E-state index contributed by atoms with van der Waals surface area (Å²) in [5, 5.41) is 10.7. The second-order valence-corrected chi connectivity index (χ2v) is 5.03. The summed E-state index contributed by atoms with van der Waals surface area (Å²) >= 11 is 0. The van der Waals surface area contributed by atoms with E-state index in [0.29, 0.717) is 13.0 Å². The van der Waals surface area contributed by atoms with Crippen LogP contribution in [0, 0.1) is 0 Å². The third-order valence-electron chi connectivity index (χ3n) is 4.05. The first-order valence-corrected chi connectivity index (χ1v) is 6.16. The molecule has 0 spiro atoms. The largest absolute Gasteiger partial charge is 0.493 e. The molecule has 0 amide bonds. The van der Waals surface area contributed by atoms with Gasteiger partial charge in [0.05, 0.1) is 12.2 Å². The van der Waals surface area contributed by atoms with E-state index in [4.69, 9.17) is 10.5 Å². The minimum absolute atomic E-state index is 0.0680. The van der Waals surface area contributed by atoms with Gasteiger partial charge in [0.15, 0.2) is 0 Å². The maximum Gasteiger partial charge on any atom is 0.123 e. The highest BCUT2D eigenvalue weighted by Crippen LogP contribution is 2.46. The van der Waals surface area contributed by atoms with Crippen molar-refractivity contribution in [1.29, 1.82) is 0 Å². The molecule has 0 saturated heterocycles. The van der Waals surface area contributed by atoms with Crippen molar-refractivity contribution in [2.75, 3.05) is 13.2 Å². The van der Waals surface area contributed by atoms with Crippen molar-refractivity contribution < 1.29 is 14.6 Å². The van der Waals surface area contributed by atoms with Crippen LogP contribution in [0.15, 0.2) is 24.3 Å². The van der Waals surface area contributed by atoms with Crippen LogP contribution < -0.4 is 10.5 Å². The average molecular weight is 249 g/mol. The number of benzene rings is 1. The molecular formula is C14H19NO3. The second kappa shape index (κ2) is 4.71. The third-order valence-corrected chi connectivity index (χ3v) is 4.05. The molecule has 2 unspecified atom stereocenters. The molecule has 0 bridgehead atoms. The van der Waals surface area contributed by atoms with Crippen LogP contribution in [0.2, 0.25) is 0 Å². The summed E-state index contributed by atoms with van der Waals surface area (Å²) in [6.07, 6.45) is 1.43. The van der Waals surface area contributed by atoms with Gasteiger partial charge in [-0.15, -0.1) is 0 Å². The number of carbonyl (C=O) groups is 1. The number of ether oxygens (including phenoxy) is 1. The van der Waals surface area contributed by atoms with Gasteiger partial charge < -0.3 is 20.4 Å². The van der Waals surface area contributed by atoms with Crippen molar-refractivity contribution in [3.05, 3.63) is 29.8 Å². The minimum atomic E-state index is -1.16. The molecule has 18 heavy (non-hydrogen) atoms. The van der Waals surface area contributed by atoms with Crippen LogP contribution >= 0.6 is 0 Å². The van der Waals surface area contributed by atoms with Crippen LogP contribution in [0.5, 0.6) is 5.75 Å². The monoisotopic (exact) mass is 249 g/mol. The Bertz CT molecular complexity index is 444. The van der Waals surface area contributed by atoms with E-state index >= 15 is 0 Å². The van der Waals surface area contributed by atoms with Crippen molar-refractivity contribution in [3.63, 3.8) is 0 Å². The summed E-state index contributed by atoms with van der Waals surface area (Å²) in [5.74, 6) is 0.750. The molecule has 1 aromatic rings. The fraction of sp³-hybridized carbons (Fsp3) is 0.500. The van der Waals surface area contributed by atoms with Crippen LogP contribution in [0.1, 0.15) is 25.3 Å². The van der Waals surface area contributed by atoms with Crippen molar-refractivity contribution in [3.8, 4) is 5.75 Å². The van der Waals surface area contributed by atoms with E-state index < -0.39 is 11.0 Å². The Morgan fingerprint density at radius 3 is 2.94 bits per heavy atom. The molecule has 2 rings (SSSR count). The van der Waals surface area contributed by atoms with Crippen LogP contribution in [-0.4, -0.2) is 30.1 Å². The molecule has 1 aliphatic heterocycles. The van der Waals surface area contributed by atoms with Gasteiger partial charge in [-0.2, -0.15) is 0 Å². The number of hydrogen-bond donors (Lipinski definition) is 2. The Morgan fingerprint density at radius 2 is 2.28 bits per heavy atom. The lowest BCUT2D eigenvalue weighted by Crippen LogP contribution is -2.56. The molecule has 1 aromatic carbocycles. The van der Waals surface area contributed by atoms with Crippen molar-refractivity contribution in [2.24, 2.45) is 5.73 Å². The number of carbonyl (C=O) groups excluding carboxylic acids is 1. The van der Waals surface area contributed by atoms with Crippen molar-refractivity contribution >= 4 is 6.29 Å². The van der Waals surface area contributed by atoms with E-state index in [1.54, 1.807) is 6.92 Å². The van der Waals surface area contributed by atoms with Gasteiger partial charge in [-0.05, 0) is 19.4 Å². The van der Waals surface area contributed by atoms with Crippen LogP contribution in [0.3, 0.4) is 0 Å². The standard InChI is InChI=1S/C14H19NO3/c1-13(17,6-8-16)14(10-15)7-9-18-12-5-3-2-4-11(12)14/h2-5,8,17H,6-7,9-10,15H2,1H3. The summed E-state index contributed by atoms with van der Waals surface area (Å²) < 4.78 is 5.60. The van der Waals surface area contributed by atoms with Gasteiger partial charge in [0.2, 0.25) is 0 Å². The van der Waals surface area contributed by atoms with Crippen LogP contribution in [0.4, 0.5) is 0 Å². The molecule has 4 heteroatoms. The fourth-order valence-electron chi connectivity index (χ4n) is 2.81. The fourth-order valence-corrected chi connectivity index (χ4v) is 2.81. The maximum absolute atomic E-state index is 10.8. The molecule has 0 fully saturated rings. The maximum atomic E-state index is 10.8. The van der Waals surface area contributed by atoms with Crippen molar-refractivity contribution in [1.82, 2.24) is 0 Å². The SMILES string of the molecule is CC(O)(CC=O)C1(CN)CCOc2ccccc21. The van der Waals surface area contributed by atoms with Gasteiger partial charge in [0.1, 0.15) is 12.0 Å². The molecule has 4 nitrogen and oxygen atoms in total. The number of fused-ring (bicyclic) bond motifs is 1. The highest BCUT2D eigenvalue weighted by Gasteiger charge is 2.50. The molecule has 1 aliphatic rings. The molecule has 98 valence electrons. The first kappa shape index (κ1) is 13.1. The number of aldehydes is 1. The predicted octanol–water partition coefficient (Wildman–Crippen LogP) is 1.01. The van der Waals surface area contributed by atoms with Gasteiger partial charge in [-0.3, -0.25) is 0 Å². The Hall–Kier alpha value is -1.39. The molecule has 0 aliphatic carbocycles. The Labute approximate surface area is 107 Å². The van der Waals surface area contributed by atoms with Crippen LogP contribution in [-0.2, 0) is 10.2 Å². The van der Waals surface area contributed by atoms with Gasteiger partial charge in [0, 0.05) is 23.9 Å². The second-order valence-electron chi connectivity index (χ2n) is 5.03. The molecule has 1 heterocycles.